The lowest BCUT2D eigenvalue weighted by atomic mass is 9.86. The first-order valence-electron chi connectivity index (χ1n) is 8.89. The molecule has 3 nitrogen and oxygen atoms in total. The molecule has 0 bridgehead atoms. The van der Waals surface area contributed by atoms with Gasteiger partial charge in [0.2, 0.25) is 5.91 Å². The van der Waals surface area contributed by atoms with E-state index in [1.54, 1.807) is 0 Å². The van der Waals surface area contributed by atoms with Gasteiger partial charge in [-0.3, -0.25) is 9.69 Å². The van der Waals surface area contributed by atoms with Crippen LogP contribution < -0.4 is 5.32 Å². The first kappa shape index (κ1) is 16.4. The second kappa shape index (κ2) is 7.43. The molecule has 0 saturated heterocycles. The van der Waals surface area contributed by atoms with Crippen molar-refractivity contribution < 1.29 is 9.18 Å². The lowest BCUT2D eigenvalue weighted by Gasteiger charge is -2.30. The first-order valence-corrected chi connectivity index (χ1v) is 8.89. The Morgan fingerprint density at radius 1 is 1.17 bits per heavy atom. The van der Waals surface area contributed by atoms with Crippen molar-refractivity contribution >= 4 is 5.91 Å². The van der Waals surface area contributed by atoms with Gasteiger partial charge in [0, 0.05) is 18.6 Å². The van der Waals surface area contributed by atoms with Crippen LogP contribution in [0.1, 0.15) is 51.0 Å². The molecule has 1 aromatic carbocycles. The van der Waals surface area contributed by atoms with Gasteiger partial charge in [-0.15, -0.1) is 0 Å². The summed E-state index contributed by atoms with van der Waals surface area (Å²) in [5.74, 6) is 0.507. The highest BCUT2D eigenvalue weighted by Gasteiger charge is 2.31. The van der Waals surface area contributed by atoms with Crippen LogP contribution in [-0.2, 0) is 11.3 Å². The number of carbonyl (C=O) groups is 1. The summed E-state index contributed by atoms with van der Waals surface area (Å²) in [7, 11) is 0. The Bertz CT molecular complexity index is 527. The molecule has 0 spiro atoms. The number of halogens is 1. The predicted molar refractivity (Wildman–Crippen MR) is 89.4 cm³/mol. The van der Waals surface area contributed by atoms with E-state index in [0.29, 0.717) is 24.5 Å². The fourth-order valence-corrected chi connectivity index (χ4v) is 3.55. The smallest absolute Gasteiger partial charge is 0.234 e. The van der Waals surface area contributed by atoms with E-state index in [0.717, 1.165) is 31.4 Å². The largest absolute Gasteiger partial charge is 0.352 e. The van der Waals surface area contributed by atoms with Gasteiger partial charge in [-0.2, -0.15) is 0 Å². The summed E-state index contributed by atoms with van der Waals surface area (Å²) >= 11 is 0. The van der Waals surface area contributed by atoms with Crippen LogP contribution in [0.15, 0.2) is 24.3 Å². The van der Waals surface area contributed by atoms with E-state index in [4.69, 9.17) is 0 Å². The van der Waals surface area contributed by atoms with Crippen molar-refractivity contribution in [2.75, 3.05) is 6.54 Å². The van der Waals surface area contributed by atoms with E-state index in [1.165, 1.54) is 31.4 Å². The molecule has 0 radical (unpaired) electrons. The normalized spacial score (nSPS) is 24.7. The number of hydrogen-bond acceptors (Lipinski definition) is 2. The molecule has 1 N–H and O–H groups in total. The van der Waals surface area contributed by atoms with Crippen LogP contribution in [0.3, 0.4) is 0 Å². The topological polar surface area (TPSA) is 32.3 Å². The Morgan fingerprint density at radius 3 is 2.52 bits per heavy atom. The van der Waals surface area contributed by atoms with Gasteiger partial charge in [-0.05, 0) is 49.3 Å². The van der Waals surface area contributed by atoms with Gasteiger partial charge in [0.25, 0.3) is 0 Å². The quantitative estimate of drug-likeness (QED) is 0.871. The molecule has 2 aliphatic carbocycles. The summed E-state index contributed by atoms with van der Waals surface area (Å²) in [6, 6.07) is 7.45. The second-order valence-electron chi connectivity index (χ2n) is 7.20. The minimum atomic E-state index is -0.212. The number of benzene rings is 1. The Kier molecular flexibility index (Phi) is 5.31. The number of carbonyl (C=O) groups excluding carboxylic acids is 1. The van der Waals surface area contributed by atoms with E-state index < -0.39 is 0 Å². The van der Waals surface area contributed by atoms with Crippen molar-refractivity contribution in [2.24, 2.45) is 5.92 Å². The van der Waals surface area contributed by atoms with Crippen LogP contribution in [0.25, 0.3) is 0 Å². The molecule has 2 saturated carbocycles. The minimum Gasteiger partial charge on any atom is -0.352 e. The molecule has 2 fully saturated rings. The maximum atomic E-state index is 13.0. The van der Waals surface area contributed by atoms with E-state index in [2.05, 4.69) is 17.1 Å². The zero-order valence-corrected chi connectivity index (χ0v) is 13.9. The average molecular weight is 318 g/mol. The van der Waals surface area contributed by atoms with Gasteiger partial charge >= 0.3 is 0 Å². The van der Waals surface area contributed by atoms with Crippen molar-refractivity contribution in [3.8, 4) is 0 Å². The highest BCUT2D eigenvalue weighted by molar-refractivity contribution is 5.78. The van der Waals surface area contributed by atoms with Crippen molar-refractivity contribution in [3.63, 3.8) is 0 Å². The Labute approximate surface area is 138 Å². The summed E-state index contributed by atoms with van der Waals surface area (Å²) in [4.78, 5) is 14.7. The van der Waals surface area contributed by atoms with Crippen LogP contribution in [0.4, 0.5) is 4.39 Å². The predicted octanol–water partition coefficient (Wildman–Crippen LogP) is 3.49. The Morgan fingerprint density at radius 2 is 1.87 bits per heavy atom. The average Bonchev–Trinajstić information content (AvgIpc) is 3.36. The maximum absolute atomic E-state index is 13.0. The minimum absolute atomic E-state index is 0.137. The third-order valence-corrected chi connectivity index (χ3v) is 5.17. The molecule has 0 heterocycles. The summed E-state index contributed by atoms with van der Waals surface area (Å²) < 4.78 is 13.0. The molecule has 0 aromatic heterocycles. The highest BCUT2D eigenvalue weighted by Crippen LogP contribution is 2.28. The highest BCUT2D eigenvalue weighted by atomic mass is 19.1. The van der Waals surface area contributed by atoms with Crippen LogP contribution >= 0.6 is 0 Å². The molecular formula is C19H27FN2O. The summed E-state index contributed by atoms with van der Waals surface area (Å²) in [6.45, 7) is 3.41. The van der Waals surface area contributed by atoms with Crippen molar-refractivity contribution in [3.05, 3.63) is 35.6 Å². The first-order chi connectivity index (χ1) is 11.1. The molecule has 1 amide bonds. The molecule has 2 aliphatic rings. The van der Waals surface area contributed by atoms with E-state index in [-0.39, 0.29) is 11.7 Å². The lowest BCUT2D eigenvalue weighted by molar-refractivity contribution is -0.123. The van der Waals surface area contributed by atoms with Gasteiger partial charge in [-0.25, -0.2) is 4.39 Å². The summed E-state index contributed by atoms with van der Waals surface area (Å²) in [6.07, 6.45) is 7.15. The molecule has 2 atom stereocenters. The second-order valence-corrected chi connectivity index (χ2v) is 7.20. The molecule has 1 aromatic rings. The molecule has 3 rings (SSSR count). The molecule has 4 heteroatoms. The van der Waals surface area contributed by atoms with E-state index >= 15 is 0 Å². The van der Waals surface area contributed by atoms with Gasteiger partial charge in [0.15, 0.2) is 0 Å². The standard InChI is InChI=1S/C19H27FN2O/c1-14-4-2-3-5-18(14)21-19(23)13-22(17-10-11-17)12-15-6-8-16(20)9-7-15/h6-9,14,17-18H,2-5,10-13H2,1H3,(H,21,23)/t14-,18+/m0/s1. The summed E-state index contributed by atoms with van der Waals surface area (Å²) in [5, 5.41) is 3.24. The van der Waals surface area contributed by atoms with Gasteiger partial charge in [-0.1, -0.05) is 31.9 Å². The van der Waals surface area contributed by atoms with Crippen molar-refractivity contribution in [1.29, 1.82) is 0 Å². The number of rotatable bonds is 6. The van der Waals surface area contributed by atoms with E-state index in [1.807, 2.05) is 12.1 Å². The monoisotopic (exact) mass is 318 g/mol. The number of nitrogens with one attached hydrogen (secondary N) is 1. The van der Waals surface area contributed by atoms with Crippen LogP contribution in [-0.4, -0.2) is 29.4 Å². The SMILES string of the molecule is C[C@H]1CCCC[C@H]1NC(=O)CN(Cc1ccc(F)cc1)C1CC1. The Hall–Kier alpha value is -1.42. The molecule has 23 heavy (non-hydrogen) atoms. The summed E-state index contributed by atoms with van der Waals surface area (Å²) in [5.41, 5.74) is 1.07. The number of nitrogens with zero attached hydrogens (tertiary/aromatic N) is 1. The van der Waals surface area contributed by atoms with Crippen LogP contribution in [0.2, 0.25) is 0 Å². The molecule has 0 aliphatic heterocycles. The third kappa shape index (κ3) is 4.77. The van der Waals surface area contributed by atoms with Crippen molar-refractivity contribution in [2.45, 2.75) is 64.1 Å². The van der Waals surface area contributed by atoms with E-state index in [9.17, 15) is 9.18 Å². The fourth-order valence-electron chi connectivity index (χ4n) is 3.55. The number of hydrogen-bond donors (Lipinski definition) is 1. The van der Waals surface area contributed by atoms with Gasteiger partial charge in [0.05, 0.1) is 6.54 Å². The maximum Gasteiger partial charge on any atom is 0.234 e. The van der Waals surface area contributed by atoms with Crippen LogP contribution in [0, 0.1) is 11.7 Å². The van der Waals surface area contributed by atoms with Gasteiger partial charge in [0.1, 0.15) is 5.82 Å². The van der Waals surface area contributed by atoms with Crippen molar-refractivity contribution in [1.82, 2.24) is 10.2 Å². The lowest BCUT2D eigenvalue weighted by Crippen LogP contribution is -2.46. The Balaban J connectivity index is 1.54. The fraction of sp³-hybridized carbons (Fsp3) is 0.632. The number of amides is 1. The molecular weight excluding hydrogens is 291 g/mol. The zero-order chi connectivity index (χ0) is 16.2. The molecule has 0 unspecified atom stereocenters. The van der Waals surface area contributed by atoms with Crippen LogP contribution in [0.5, 0.6) is 0 Å². The zero-order valence-electron chi connectivity index (χ0n) is 13.9. The van der Waals surface area contributed by atoms with Gasteiger partial charge < -0.3 is 5.32 Å². The molecule has 126 valence electrons. The third-order valence-electron chi connectivity index (χ3n) is 5.17.